The summed E-state index contributed by atoms with van der Waals surface area (Å²) in [5.74, 6) is -2.23. The van der Waals surface area contributed by atoms with E-state index in [9.17, 15) is 13.6 Å². The van der Waals surface area contributed by atoms with Crippen molar-refractivity contribution < 1.29 is 18.7 Å². The van der Waals surface area contributed by atoms with Crippen LogP contribution in [0, 0.1) is 11.6 Å². The number of amides is 1. The molecule has 0 aliphatic rings. The third kappa shape index (κ3) is 3.63. The Morgan fingerprint density at radius 3 is 2.40 bits per heavy atom. The fourth-order valence-corrected chi connectivity index (χ4v) is 1.03. The van der Waals surface area contributed by atoms with E-state index in [1.165, 1.54) is 6.92 Å². The minimum absolute atomic E-state index is 0.0387. The van der Waals surface area contributed by atoms with Crippen LogP contribution < -0.4 is 5.32 Å². The second-order valence-electron chi connectivity index (χ2n) is 3.22. The minimum atomic E-state index is -0.808. The molecule has 0 aromatic heterocycles. The fraction of sp³-hybridized carbons (Fsp3) is 0.300. The summed E-state index contributed by atoms with van der Waals surface area (Å²) in [6.45, 7) is 1.53. The van der Waals surface area contributed by atoms with Gasteiger partial charge in [0.2, 0.25) is 0 Å². The van der Waals surface area contributed by atoms with Crippen LogP contribution in [0.2, 0.25) is 0 Å². The van der Waals surface area contributed by atoms with Gasteiger partial charge in [-0.3, -0.25) is 4.79 Å². The Morgan fingerprint density at radius 1 is 1.40 bits per heavy atom. The maximum Gasteiger partial charge on any atom is 0.251 e. The van der Waals surface area contributed by atoms with Crippen LogP contribution >= 0.6 is 0 Å². The van der Waals surface area contributed by atoms with Crippen molar-refractivity contribution in [3.63, 3.8) is 0 Å². The lowest BCUT2D eigenvalue weighted by atomic mass is 10.2. The van der Waals surface area contributed by atoms with E-state index in [0.717, 1.165) is 12.1 Å². The number of nitrogens with one attached hydrogen (secondary N) is 1. The van der Waals surface area contributed by atoms with Crippen LogP contribution in [0.1, 0.15) is 17.3 Å². The Balaban J connectivity index is 2.73. The quantitative estimate of drug-likeness (QED) is 0.792. The molecule has 0 aliphatic heterocycles. The second kappa shape index (κ2) is 4.84. The molecule has 3 nitrogen and oxygen atoms in total. The predicted octanol–water partition coefficient (Wildman–Crippen LogP) is 1.08. The standard InChI is InChI=1S/C10H11F2NO2/c1-6(14)5-13-10(15)7-2-8(11)4-9(12)3-7/h2-4,6,14H,5H2,1H3,(H,13,15). The number of hydrogen-bond acceptors (Lipinski definition) is 2. The van der Waals surface area contributed by atoms with E-state index in [-0.39, 0.29) is 12.1 Å². The van der Waals surface area contributed by atoms with Crippen molar-refractivity contribution in [2.45, 2.75) is 13.0 Å². The van der Waals surface area contributed by atoms with Crippen molar-refractivity contribution in [2.75, 3.05) is 6.54 Å². The van der Waals surface area contributed by atoms with Gasteiger partial charge in [-0.1, -0.05) is 0 Å². The van der Waals surface area contributed by atoms with Crippen molar-refractivity contribution >= 4 is 5.91 Å². The molecule has 0 fully saturated rings. The predicted molar refractivity (Wildman–Crippen MR) is 50.4 cm³/mol. The van der Waals surface area contributed by atoms with Gasteiger partial charge in [-0.2, -0.15) is 0 Å². The third-order valence-electron chi connectivity index (χ3n) is 1.68. The highest BCUT2D eigenvalue weighted by molar-refractivity contribution is 5.94. The van der Waals surface area contributed by atoms with Crippen molar-refractivity contribution in [1.29, 1.82) is 0 Å². The van der Waals surface area contributed by atoms with Crippen LogP contribution in [0.5, 0.6) is 0 Å². The summed E-state index contributed by atoms with van der Waals surface area (Å²) in [7, 11) is 0. The van der Waals surface area contributed by atoms with Crippen LogP contribution in [0.4, 0.5) is 8.78 Å². The highest BCUT2D eigenvalue weighted by Gasteiger charge is 2.09. The van der Waals surface area contributed by atoms with Gasteiger partial charge < -0.3 is 10.4 Å². The molecule has 1 aromatic carbocycles. The Labute approximate surface area is 85.7 Å². The lowest BCUT2D eigenvalue weighted by Gasteiger charge is -2.07. The average molecular weight is 215 g/mol. The van der Waals surface area contributed by atoms with Crippen LogP contribution in [-0.2, 0) is 0 Å². The number of halogens is 2. The van der Waals surface area contributed by atoms with Gasteiger partial charge in [-0.15, -0.1) is 0 Å². The molecule has 0 bridgehead atoms. The molecule has 0 saturated heterocycles. The summed E-state index contributed by atoms with van der Waals surface area (Å²) in [6, 6.07) is 2.55. The van der Waals surface area contributed by atoms with Crippen molar-refractivity contribution in [3.8, 4) is 0 Å². The molecule has 0 aliphatic carbocycles. The number of hydrogen-bond donors (Lipinski definition) is 2. The van der Waals surface area contributed by atoms with Crippen LogP contribution in [0.25, 0.3) is 0 Å². The van der Waals surface area contributed by atoms with E-state index in [0.29, 0.717) is 6.07 Å². The molecular weight excluding hydrogens is 204 g/mol. The van der Waals surface area contributed by atoms with Gasteiger partial charge in [0.15, 0.2) is 0 Å². The van der Waals surface area contributed by atoms with E-state index >= 15 is 0 Å². The Hall–Kier alpha value is -1.49. The van der Waals surface area contributed by atoms with E-state index < -0.39 is 23.6 Å². The van der Waals surface area contributed by atoms with Gasteiger partial charge in [0.25, 0.3) is 5.91 Å². The molecule has 0 spiro atoms. The SMILES string of the molecule is CC(O)CNC(=O)c1cc(F)cc(F)c1. The van der Waals surface area contributed by atoms with Crippen molar-refractivity contribution in [3.05, 3.63) is 35.4 Å². The van der Waals surface area contributed by atoms with Crippen molar-refractivity contribution in [1.82, 2.24) is 5.32 Å². The van der Waals surface area contributed by atoms with Crippen LogP contribution in [-0.4, -0.2) is 23.7 Å². The summed E-state index contributed by atoms with van der Waals surface area (Å²) in [5, 5.41) is 11.2. The zero-order valence-electron chi connectivity index (χ0n) is 8.13. The first-order valence-electron chi connectivity index (χ1n) is 4.41. The highest BCUT2D eigenvalue weighted by Crippen LogP contribution is 2.07. The van der Waals surface area contributed by atoms with Gasteiger partial charge in [-0.25, -0.2) is 8.78 Å². The molecular formula is C10H11F2NO2. The molecule has 1 atom stereocenters. The monoisotopic (exact) mass is 215 g/mol. The van der Waals surface area contributed by atoms with Crippen LogP contribution in [0.15, 0.2) is 18.2 Å². The molecule has 1 rings (SSSR count). The van der Waals surface area contributed by atoms with E-state index in [2.05, 4.69) is 5.32 Å². The van der Waals surface area contributed by atoms with Crippen molar-refractivity contribution in [2.24, 2.45) is 0 Å². The Kier molecular flexibility index (Phi) is 3.74. The molecule has 5 heteroatoms. The summed E-state index contributed by atoms with van der Waals surface area (Å²) in [6.07, 6.45) is -0.702. The zero-order valence-corrected chi connectivity index (χ0v) is 8.13. The van der Waals surface area contributed by atoms with Gasteiger partial charge in [0.1, 0.15) is 11.6 Å². The number of rotatable bonds is 3. The van der Waals surface area contributed by atoms with Gasteiger partial charge >= 0.3 is 0 Å². The first-order valence-corrected chi connectivity index (χ1v) is 4.41. The zero-order chi connectivity index (χ0) is 11.4. The van der Waals surface area contributed by atoms with Gasteiger partial charge in [-0.05, 0) is 19.1 Å². The van der Waals surface area contributed by atoms with Crippen LogP contribution in [0.3, 0.4) is 0 Å². The molecule has 82 valence electrons. The summed E-state index contributed by atoms with van der Waals surface area (Å²) in [5.41, 5.74) is -0.104. The van der Waals surface area contributed by atoms with E-state index in [1.807, 2.05) is 0 Å². The smallest absolute Gasteiger partial charge is 0.251 e. The minimum Gasteiger partial charge on any atom is -0.392 e. The molecule has 15 heavy (non-hydrogen) atoms. The molecule has 0 radical (unpaired) electrons. The normalized spacial score (nSPS) is 12.3. The molecule has 1 amide bonds. The summed E-state index contributed by atoms with van der Waals surface area (Å²) >= 11 is 0. The first kappa shape index (κ1) is 11.6. The molecule has 1 aromatic rings. The lowest BCUT2D eigenvalue weighted by Crippen LogP contribution is -2.30. The average Bonchev–Trinajstić information content (AvgIpc) is 2.12. The fourth-order valence-electron chi connectivity index (χ4n) is 1.03. The second-order valence-corrected chi connectivity index (χ2v) is 3.22. The van der Waals surface area contributed by atoms with Gasteiger partial charge in [0, 0.05) is 18.2 Å². The maximum absolute atomic E-state index is 12.7. The topological polar surface area (TPSA) is 49.3 Å². The molecule has 0 heterocycles. The van der Waals surface area contributed by atoms with E-state index in [1.54, 1.807) is 0 Å². The van der Waals surface area contributed by atoms with E-state index in [4.69, 9.17) is 5.11 Å². The maximum atomic E-state index is 12.7. The lowest BCUT2D eigenvalue weighted by molar-refractivity contribution is 0.0923. The Morgan fingerprint density at radius 2 is 1.93 bits per heavy atom. The molecule has 1 unspecified atom stereocenters. The highest BCUT2D eigenvalue weighted by atomic mass is 19.1. The molecule has 2 N–H and O–H groups in total. The number of aliphatic hydroxyl groups excluding tert-OH is 1. The number of carbonyl (C=O) groups is 1. The summed E-state index contributed by atoms with van der Waals surface area (Å²) in [4.78, 5) is 11.3. The Bertz CT molecular complexity index is 346. The number of aliphatic hydroxyl groups is 1. The molecule has 0 saturated carbocycles. The number of benzene rings is 1. The largest absolute Gasteiger partial charge is 0.392 e. The summed E-state index contributed by atoms with van der Waals surface area (Å²) < 4.78 is 25.4. The van der Waals surface area contributed by atoms with Gasteiger partial charge in [0.05, 0.1) is 6.10 Å². The first-order chi connectivity index (χ1) is 6.99. The third-order valence-corrected chi connectivity index (χ3v) is 1.68. The number of carbonyl (C=O) groups excluding carboxylic acids is 1.